The predicted molar refractivity (Wildman–Crippen MR) is 83.3 cm³/mol. The molecule has 2 rings (SSSR count). The average Bonchev–Trinajstić information content (AvgIpc) is 2.95. The Bertz CT molecular complexity index is 539. The third-order valence-corrected chi connectivity index (χ3v) is 4.45. The van der Waals surface area contributed by atoms with Crippen molar-refractivity contribution in [3.05, 3.63) is 57.5 Å². The van der Waals surface area contributed by atoms with E-state index < -0.39 is 0 Å². The molecule has 20 heavy (non-hydrogen) atoms. The summed E-state index contributed by atoms with van der Waals surface area (Å²) < 4.78 is 13.8. The number of hydrogen-bond acceptors (Lipinski definition) is 3. The van der Waals surface area contributed by atoms with E-state index in [1.54, 1.807) is 24.3 Å². The molecule has 4 heteroatoms. The Labute approximate surface area is 124 Å². The molecule has 0 aliphatic rings. The first-order chi connectivity index (χ1) is 9.65. The van der Waals surface area contributed by atoms with Gasteiger partial charge < -0.3 is 5.73 Å². The highest BCUT2D eigenvalue weighted by molar-refractivity contribution is 7.09. The number of benzene rings is 1. The zero-order chi connectivity index (χ0) is 14.5. The normalized spacial score (nSPS) is 12.8. The molecular weight excluding hydrogens is 271 g/mol. The van der Waals surface area contributed by atoms with Gasteiger partial charge in [-0.2, -0.15) is 0 Å². The van der Waals surface area contributed by atoms with Crippen LogP contribution in [0.1, 0.15) is 29.0 Å². The van der Waals surface area contributed by atoms with Gasteiger partial charge in [-0.25, -0.2) is 4.39 Å². The fraction of sp³-hybridized carbons (Fsp3) is 0.375. The monoisotopic (exact) mass is 292 g/mol. The van der Waals surface area contributed by atoms with E-state index >= 15 is 0 Å². The lowest BCUT2D eigenvalue weighted by atomic mass is 10.0. The first-order valence-corrected chi connectivity index (χ1v) is 7.76. The molecule has 0 saturated carbocycles. The molecule has 1 atom stereocenters. The van der Waals surface area contributed by atoms with Crippen molar-refractivity contribution in [1.29, 1.82) is 0 Å². The van der Waals surface area contributed by atoms with Crippen molar-refractivity contribution in [3.8, 4) is 0 Å². The molecule has 2 nitrogen and oxygen atoms in total. The predicted octanol–water partition coefficient (Wildman–Crippen LogP) is 3.72. The van der Waals surface area contributed by atoms with E-state index in [0.29, 0.717) is 12.1 Å². The van der Waals surface area contributed by atoms with Crippen LogP contribution in [0.25, 0.3) is 0 Å². The molecule has 0 saturated heterocycles. The van der Waals surface area contributed by atoms with Gasteiger partial charge in [0.1, 0.15) is 5.82 Å². The highest BCUT2D eigenvalue weighted by Gasteiger charge is 2.19. The third-order valence-electron chi connectivity index (χ3n) is 3.59. The molecule has 0 amide bonds. The van der Waals surface area contributed by atoms with Gasteiger partial charge in [0.2, 0.25) is 0 Å². The number of rotatable bonds is 6. The first kappa shape index (κ1) is 15.2. The van der Waals surface area contributed by atoms with Gasteiger partial charge in [0.25, 0.3) is 0 Å². The molecule has 0 bridgehead atoms. The first-order valence-electron chi connectivity index (χ1n) is 6.88. The Morgan fingerprint density at radius 3 is 2.70 bits per heavy atom. The average molecular weight is 292 g/mol. The van der Waals surface area contributed by atoms with E-state index in [1.807, 2.05) is 12.1 Å². The number of thiophene rings is 1. The smallest absolute Gasteiger partial charge is 0.126 e. The summed E-state index contributed by atoms with van der Waals surface area (Å²) in [6.45, 7) is 6.11. The molecule has 0 spiro atoms. The van der Waals surface area contributed by atoms with Crippen molar-refractivity contribution in [3.63, 3.8) is 0 Å². The second kappa shape index (κ2) is 6.97. The summed E-state index contributed by atoms with van der Waals surface area (Å²) in [5, 5.41) is 2.08. The van der Waals surface area contributed by atoms with E-state index in [9.17, 15) is 4.39 Å². The SMILES string of the molecule is CCN(Cc1cccs1)C(CN)c1ccc(C)c(F)c1. The van der Waals surface area contributed by atoms with Crippen LogP contribution >= 0.6 is 11.3 Å². The van der Waals surface area contributed by atoms with Crippen molar-refractivity contribution in [2.24, 2.45) is 5.73 Å². The molecule has 0 aliphatic carbocycles. The molecule has 108 valence electrons. The fourth-order valence-electron chi connectivity index (χ4n) is 2.36. The van der Waals surface area contributed by atoms with Crippen LogP contribution in [-0.2, 0) is 6.54 Å². The largest absolute Gasteiger partial charge is 0.329 e. The van der Waals surface area contributed by atoms with Gasteiger partial charge in [-0.15, -0.1) is 11.3 Å². The zero-order valence-electron chi connectivity index (χ0n) is 12.0. The van der Waals surface area contributed by atoms with Crippen LogP contribution in [0.5, 0.6) is 0 Å². The van der Waals surface area contributed by atoms with Crippen molar-refractivity contribution >= 4 is 11.3 Å². The Kier molecular flexibility index (Phi) is 5.29. The summed E-state index contributed by atoms with van der Waals surface area (Å²) >= 11 is 1.74. The highest BCUT2D eigenvalue weighted by atomic mass is 32.1. The maximum Gasteiger partial charge on any atom is 0.126 e. The van der Waals surface area contributed by atoms with Gasteiger partial charge in [-0.3, -0.25) is 4.90 Å². The van der Waals surface area contributed by atoms with Crippen molar-refractivity contribution in [2.45, 2.75) is 26.4 Å². The summed E-state index contributed by atoms with van der Waals surface area (Å²) in [5.74, 6) is -0.159. The minimum absolute atomic E-state index is 0.0530. The topological polar surface area (TPSA) is 29.3 Å². The van der Waals surface area contributed by atoms with E-state index in [4.69, 9.17) is 5.73 Å². The number of halogens is 1. The Morgan fingerprint density at radius 1 is 1.35 bits per heavy atom. The Morgan fingerprint density at radius 2 is 2.15 bits per heavy atom. The Balaban J connectivity index is 2.21. The summed E-state index contributed by atoms with van der Waals surface area (Å²) in [5.41, 5.74) is 7.56. The van der Waals surface area contributed by atoms with E-state index in [0.717, 1.165) is 18.7 Å². The zero-order valence-corrected chi connectivity index (χ0v) is 12.8. The summed E-state index contributed by atoms with van der Waals surface area (Å²) in [7, 11) is 0. The number of nitrogens with zero attached hydrogens (tertiary/aromatic N) is 1. The van der Waals surface area contributed by atoms with Crippen molar-refractivity contribution < 1.29 is 4.39 Å². The van der Waals surface area contributed by atoms with E-state index in [1.165, 1.54) is 4.88 Å². The molecule has 0 aliphatic heterocycles. The van der Waals surface area contributed by atoms with Crippen LogP contribution in [-0.4, -0.2) is 18.0 Å². The minimum atomic E-state index is -0.159. The second-order valence-corrected chi connectivity index (χ2v) is 5.93. The van der Waals surface area contributed by atoms with Crippen LogP contribution in [0.2, 0.25) is 0 Å². The van der Waals surface area contributed by atoms with Crippen LogP contribution in [0.15, 0.2) is 35.7 Å². The van der Waals surface area contributed by atoms with Gasteiger partial charge in [-0.1, -0.05) is 25.1 Å². The number of hydrogen-bond donors (Lipinski definition) is 1. The van der Waals surface area contributed by atoms with Crippen molar-refractivity contribution in [1.82, 2.24) is 4.90 Å². The van der Waals surface area contributed by atoms with Crippen LogP contribution in [0.3, 0.4) is 0 Å². The Hall–Kier alpha value is -1.23. The number of likely N-dealkylation sites (N-methyl/N-ethyl adjacent to an activating group) is 1. The second-order valence-electron chi connectivity index (χ2n) is 4.90. The highest BCUT2D eigenvalue weighted by Crippen LogP contribution is 2.24. The van der Waals surface area contributed by atoms with E-state index in [-0.39, 0.29) is 11.9 Å². The molecule has 1 heterocycles. The molecule has 0 fully saturated rings. The maximum atomic E-state index is 13.8. The number of aryl methyl sites for hydroxylation is 1. The maximum absolute atomic E-state index is 13.8. The van der Waals surface area contributed by atoms with Crippen LogP contribution in [0, 0.1) is 12.7 Å². The standard InChI is InChI=1S/C16H21FN2S/c1-3-19(11-14-5-4-8-20-14)16(10-18)13-7-6-12(2)15(17)9-13/h4-9,16H,3,10-11,18H2,1-2H3. The summed E-state index contributed by atoms with van der Waals surface area (Å²) in [6.07, 6.45) is 0. The third kappa shape index (κ3) is 3.45. The molecular formula is C16H21FN2S. The lowest BCUT2D eigenvalue weighted by Gasteiger charge is -2.30. The van der Waals surface area contributed by atoms with E-state index in [2.05, 4.69) is 29.3 Å². The minimum Gasteiger partial charge on any atom is -0.329 e. The van der Waals surface area contributed by atoms with Gasteiger partial charge in [0.05, 0.1) is 0 Å². The van der Waals surface area contributed by atoms with Crippen LogP contribution < -0.4 is 5.73 Å². The summed E-state index contributed by atoms with van der Waals surface area (Å²) in [4.78, 5) is 3.59. The van der Waals surface area contributed by atoms with Gasteiger partial charge in [-0.05, 0) is 42.1 Å². The van der Waals surface area contributed by atoms with Crippen LogP contribution in [0.4, 0.5) is 4.39 Å². The lowest BCUT2D eigenvalue weighted by molar-refractivity contribution is 0.205. The lowest BCUT2D eigenvalue weighted by Crippen LogP contribution is -2.33. The molecule has 2 N–H and O–H groups in total. The number of nitrogens with two attached hydrogens (primary N) is 1. The molecule has 1 aromatic carbocycles. The van der Waals surface area contributed by atoms with Gasteiger partial charge in [0.15, 0.2) is 0 Å². The molecule has 0 radical (unpaired) electrons. The quantitative estimate of drug-likeness (QED) is 0.879. The summed E-state index contributed by atoms with van der Waals surface area (Å²) in [6, 6.07) is 9.65. The molecule has 1 aromatic heterocycles. The van der Waals surface area contributed by atoms with Gasteiger partial charge >= 0.3 is 0 Å². The van der Waals surface area contributed by atoms with Gasteiger partial charge in [0, 0.05) is 24.0 Å². The fourth-order valence-corrected chi connectivity index (χ4v) is 3.09. The molecule has 2 aromatic rings. The van der Waals surface area contributed by atoms with Crippen molar-refractivity contribution in [2.75, 3.05) is 13.1 Å². The molecule has 1 unspecified atom stereocenters.